The first-order valence-electron chi connectivity index (χ1n) is 13.5. The number of rotatable bonds is 9. The largest absolute Gasteiger partial charge is 0.396 e. The number of carbonyl (C=O) groups is 1. The predicted octanol–water partition coefficient (Wildman–Crippen LogP) is 0.967. The molecule has 5 aromatic rings. The number of nitrogens with zero attached hydrogens (tertiary/aromatic N) is 6. The number of imidazole rings is 1. The van der Waals surface area contributed by atoms with E-state index in [0.717, 1.165) is 11.1 Å². The number of nitrogens with two attached hydrogens (primary N) is 2. The average Bonchev–Trinajstić information content (AvgIpc) is 3.71. The molecule has 1 unspecified atom stereocenters. The summed E-state index contributed by atoms with van der Waals surface area (Å²) in [7, 11) is 0. The number of anilines is 2. The van der Waals surface area contributed by atoms with Crippen LogP contribution in [0.15, 0.2) is 79.4 Å². The Bertz CT molecular complexity index is 1650. The van der Waals surface area contributed by atoms with E-state index in [0.29, 0.717) is 29.2 Å². The van der Waals surface area contributed by atoms with Crippen LogP contribution in [-0.4, -0.2) is 75.4 Å². The van der Waals surface area contributed by atoms with E-state index in [2.05, 4.69) is 44.6 Å². The zero-order chi connectivity index (χ0) is 29.4. The Morgan fingerprint density at radius 1 is 1.02 bits per heavy atom. The number of hydrogen-bond donors (Lipinski definition) is 6. The van der Waals surface area contributed by atoms with Gasteiger partial charge in [-0.05, 0) is 17.5 Å². The van der Waals surface area contributed by atoms with Crippen LogP contribution < -0.4 is 16.8 Å². The summed E-state index contributed by atoms with van der Waals surface area (Å²) < 4.78 is 3.05. The molecule has 216 valence electrons. The molecule has 13 heteroatoms. The Hall–Kier alpha value is -4.85. The first-order chi connectivity index (χ1) is 20.3. The van der Waals surface area contributed by atoms with E-state index >= 15 is 0 Å². The topological polar surface area (TPSA) is 203 Å². The van der Waals surface area contributed by atoms with Crippen LogP contribution in [0.4, 0.5) is 11.5 Å². The standard InChI is InChI=1S/C29H31N9O4/c30-18-12-34-38(14-18)29-35-27(32-13-20(16-7-3-1-4-8-16)17-9-5-2-6-10-17)22-28(36-29)37(15-33-22)21-11-19(23(39)25(21)41)24(40)26(31)42/h1-10,12,14-15,19-21,23-25,39-41H,11,13,30H2,(H2,31,42)(H,32,35,36)/t19-,21+,23+,24?,25-/m0/s1. The number of benzene rings is 2. The first kappa shape index (κ1) is 27.3. The summed E-state index contributed by atoms with van der Waals surface area (Å²) in [6.45, 7) is 0.478. The molecular weight excluding hydrogens is 538 g/mol. The lowest BCUT2D eigenvalue weighted by Gasteiger charge is -2.20. The lowest BCUT2D eigenvalue weighted by molar-refractivity contribution is -0.131. The third-order valence-corrected chi connectivity index (χ3v) is 7.85. The summed E-state index contributed by atoms with van der Waals surface area (Å²) in [6, 6.07) is 19.5. The number of primary amides is 1. The summed E-state index contributed by atoms with van der Waals surface area (Å²) in [5.74, 6) is -1.29. The van der Waals surface area contributed by atoms with E-state index in [1.165, 1.54) is 17.2 Å². The summed E-state index contributed by atoms with van der Waals surface area (Å²) in [5, 5.41) is 39.5. The summed E-state index contributed by atoms with van der Waals surface area (Å²) in [6.07, 6.45) is 0.323. The van der Waals surface area contributed by atoms with E-state index in [-0.39, 0.29) is 18.3 Å². The van der Waals surface area contributed by atoms with Crippen molar-refractivity contribution in [2.24, 2.45) is 11.7 Å². The molecule has 0 radical (unpaired) electrons. The zero-order valence-electron chi connectivity index (χ0n) is 22.5. The van der Waals surface area contributed by atoms with E-state index < -0.39 is 36.2 Å². The van der Waals surface area contributed by atoms with E-state index in [4.69, 9.17) is 16.5 Å². The Morgan fingerprint density at radius 2 is 1.69 bits per heavy atom. The van der Waals surface area contributed by atoms with Crippen LogP contribution in [0.25, 0.3) is 17.1 Å². The molecule has 1 aliphatic rings. The molecule has 42 heavy (non-hydrogen) atoms. The number of aliphatic hydroxyl groups excluding tert-OH is 3. The molecule has 0 bridgehead atoms. The first-order valence-corrected chi connectivity index (χ1v) is 13.5. The number of nitrogens with one attached hydrogen (secondary N) is 1. The molecule has 5 atom stereocenters. The number of aliphatic hydroxyl groups is 3. The Labute approximate surface area is 240 Å². The summed E-state index contributed by atoms with van der Waals surface area (Å²) in [5.41, 5.74) is 14.6. The lowest BCUT2D eigenvalue weighted by atomic mass is 9.91. The molecule has 1 aliphatic carbocycles. The van der Waals surface area contributed by atoms with E-state index in [1.807, 2.05) is 36.4 Å². The van der Waals surface area contributed by atoms with Crippen LogP contribution in [0.5, 0.6) is 0 Å². The molecule has 3 heterocycles. The van der Waals surface area contributed by atoms with Gasteiger partial charge in [-0.3, -0.25) is 4.79 Å². The third kappa shape index (κ3) is 5.04. The van der Waals surface area contributed by atoms with Gasteiger partial charge in [0.25, 0.3) is 5.95 Å². The fourth-order valence-corrected chi connectivity index (χ4v) is 5.66. The maximum absolute atomic E-state index is 11.6. The second-order valence-corrected chi connectivity index (χ2v) is 10.5. The van der Waals surface area contributed by atoms with Gasteiger partial charge in [0, 0.05) is 18.4 Å². The van der Waals surface area contributed by atoms with Crippen molar-refractivity contribution in [1.82, 2.24) is 29.3 Å². The molecular formula is C29H31N9O4. The molecule has 6 rings (SSSR count). The molecule has 1 amide bonds. The minimum absolute atomic E-state index is 0.00820. The second-order valence-electron chi connectivity index (χ2n) is 10.5. The molecule has 2 aromatic carbocycles. The summed E-state index contributed by atoms with van der Waals surface area (Å²) in [4.78, 5) is 25.6. The number of nitrogen functional groups attached to an aromatic ring is 1. The SMILES string of the molecule is NC(=O)C(O)[C@H]1C[C@@H](n2cnc3c(NCC(c4ccccc4)c4ccccc4)nc(-n4cc(N)cn4)nc32)[C@H](O)[C@@H]1O. The van der Waals surface area contributed by atoms with Crippen molar-refractivity contribution < 1.29 is 20.1 Å². The summed E-state index contributed by atoms with van der Waals surface area (Å²) >= 11 is 0. The molecule has 3 aromatic heterocycles. The Morgan fingerprint density at radius 3 is 2.29 bits per heavy atom. The third-order valence-electron chi connectivity index (χ3n) is 7.85. The zero-order valence-corrected chi connectivity index (χ0v) is 22.5. The maximum Gasteiger partial charge on any atom is 0.254 e. The molecule has 0 aliphatic heterocycles. The van der Waals surface area contributed by atoms with Crippen molar-refractivity contribution >= 4 is 28.6 Å². The van der Waals surface area contributed by atoms with Gasteiger partial charge in [-0.25, -0.2) is 9.67 Å². The predicted molar refractivity (Wildman–Crippen MR) is 154 cm³/mol. The number of hydrogen-bond acceptors (Lipinski definition) is 10. The smallest absolute Gasteiger partial charge is 0.254 e. The van der Waals surface area contributed by atoms with E-state index in [1.54, 1.807) is 10.8 Å². The van der Waals surface area contributed by atoms with Gasteiger partial charge in [0.1, 0.15) is 12.2 Å². The van der Waals surface area contributed by atoms with Crippen molar-refractivity contribution in [1.29, 1.82) is 0 Å². The molecule has 1 saturated carbocycles. The van der Waals surface area contributed by atoms with Gasteiger partial charge in [0.2, 0.25) is 5.91 Å². The van der Waals surface area contributed by atoms with Crippen LogP contribution >= 0.6 is 0 Å². The molecule has 0 spiro atoms. The highest BCUT2D eigenvalue weighted by molar-refractivity contribution is 5.84. The number of amides is 1. The van der Waals surface area contributed by atoms with Crippen molar-refractivity contribution in [3.05, 3.63) is 90.5 Å². The molecule has 0 saturated heterocycles. The maximum atomic E-state index is 11.6. The molecule has 8 N–H and O–H groups in total. The molecule has 1 fully saturated rings. The second kappa shape index (κ2) is 11.2. The number of aromatic nitrogens is 6. The Balaban J connectivity index is 1.40. The fourth-order valence-electron chi connectivity index (χ4n) is 5.66. The van der Waals surface area contributed by atoms with E-state index in [9.17, 15) is 20.1 Å². The Kier molecular flexibility index (Phi) is 7.29. The van der Waals surface area contributed by atoms with Gasteiger partial charge in [0.05, 0.1) is 36.6 Å². The number of carbonyl (C=O) groups excluding carboxylic acids is 1. The van der Waals surface area contributed by atoms with Gasteiger partial charge in [0.15, 0.2) is 17.0 Å². The van der Waals surface area contributed by atoms with Crippen LogP contribution in [0, 0.1) is 5.92 Å². The highest BCUT2D eigenvalue weighted by Crippen LogP contribution is 2.39. The van der Waals surface area contributed by atoms with Crippen LogP contribution in [-0.2, 0) is 4.79 Å². The van der Waals surface area contributed by atoms with Crippen molar-refractivity contribution in [2.75, 3.05) is 17.6 Å². The minimum atomic E-state index is -1.61. The van der Waals surface area contributed by atoms with Crippen molar-refractivity contribution in [3.63, 3.8) is 0 Å². The van der Waals surface area contributed by atoms with Crippen LogP contribution in [0.2, 0.25) is 0 Å². The van der Waals surface area contributed by atoms with Gasteiger partial charge < -0.3 is 36.7 Å². The normalized spacial score (nSPS) is 21.1. The minimum Gasteiger partial charge on any atom is -0.396 e. The quantitative estimate of drug-likeness (QED) is 0.148. The fraction of sp³-hybridized carbons (Fsp3) is 0.276. The van der Waals surface area contributed by atoms with Gasteiger partial charge in [-0.2, -0.15) is 15.1 Å². The number of fused-ring (bicyclic) bond motifs is 1. The van der Waals surface area contributed by atoms with Crippen molar-refractivity contribution in [2.45, 2.75) is 36.7 Å². The van der Waals surface area contributed by atoms with Gasteiger partial charge in [-0.1, -0.05) is 60.7 Å². The highest BCUT2D eigenvalue weighted by Gasteiger charge is 2.47. The van der Waals surface area contributed by atoms with Crippen LogP contribution in [0.1, 0.15) is 29.5 Å². The van der Waals surface area contributed by atoms with Crippen molar-refractivity contribution in [3.8, 4) is 5.95 Å². The molecule has 13 nitrogen and oxygen atoms in total. The highest BCUT2D eigenvalue weighted by atomic mass is 16.3. The van der Waals surface area contributed by atoms with Crippen LogP contribution in [0.3, 0.4) is 0 Å². The average molecular weight is 570 g/mol. The van der Waals surface area contributed by atoms with Gasteiger partial charge >= 0.3 is 0 Å². The lowest BCUT2D eigenvalue weighted by Crippen LogP contribution is -2.41. The monoisotopic (exact) mass is 569 g/mol. The van der Waals surface area contributed by atoms with Gasteiger partial charge in [-0.15, -0.1) is 0 Å².